The van der Waals surface area contributed by atoms with Crippen LogP contribution in [0.25, 0.3) is 17.0 Å². The van der Waals surface area contributed by atoms with Crippen molar-refractivity contribution in [2.45, 2.75) is 24.9 Å². The molecule has 0 saturated heterocycles. The molecule has 2 aromatic rings. The minimum Gasteiger partial charge on any atom is -0.272 e. The summed E-state index contributed by atoms with van der Waals surface area (Å²) in [5, 5.41) is 17.8. The van der Waals surface area contributed by atoms with Crippen molar-refractivity contribution in [3.63, 3.8) is 0 Å². The maximum atomic E-state index is 13.5. The first kappa shape index (κ1) is 20.5. The molecule has 1 aromatic carbocycles. The van der Waals surface area contributed by atoms with Crippen molar-refractivity contribution < 1.29 is 21.6 Å². The largest absolute Gasteiger partial charge is 0.417 e. The van der Waals surface area contributed by atoms with Gasteiger partial charge in [0.2, 0.25) is 15.8 Å². The number of tetrazole rings is 1. The number of allylic oxidation sites excluding steroid dienone is 3. The van der Waals surface area contributed by atoms with Gasteiger partial charge in [-0.25, -0.2) is 13.6 Å². The van der Waals surface area contributed by atoms with E-state index < -0.39 is 32.2 Å². The summed E-state index contributed by atoms with van der Waals surface area (Å²) >= 11 is 0. The number of primary sulfonamides is 1. The number of sulfonamides is 1. The van der Waals surface area contributed by atoms with Crippen LogP contribution in [0.3, 0.4) is 0 Å². The van der Waals surface area contributed by atoms with Crippen LogP contribution in [0.4, 0.5) is 13.2 Å². The van der Waals surface area contributed by atoms with Gasteiger partial charge in [0.15, 0.2) is 0 Å². The molecule has 0 aliphatic rings. The van der Waals surface area contributed by atoms with Gasteiger partial charge in [-0.1, -0.05) is 12.1 Å². The fraction of sp³-hybridized carbons (Fsp3) is 0.200. The van der Waals surface area contributed by atoms with E-state index >= 15 is 0 Å². The van der Waals surface area contributed by atoms with Crippen LogP contribution in [0.1, 0.15) is 25.0 Å². The Balaban J connectivity index is 3.09. The highest BCUT2D eigenvalue weighted by molar-refractivity contribution is 7.89. The molecule has 0 atom stereocenters. The zero-order chi connectivity index (χ0) is 20.4. The van der Waals surface area contributed by atoms with E-state index in [1.54, 1.807) is 19.9 Å². The van der Waals surface area contributed by atoms with Crippen LogP contribution in [-0.2, 0) is 16.2 Å². The minimum absolute atomic E-state index is 0.0800. The monoisotopic (exact) mass is 400 g/mol. The average Bonchev–Trinajstić information content (AvgIpc) is 3.10. The average molecular weight is 400 g/mol. The molecule has 0 radical (unpaired) electrons. The third-order valence-corrected chi connectivity index (χ3v) is 4.68. The highest BCUT2D eigenvalue weighted by Crippen LogP contribution is 2.42. The van der Waals surface area contributed by atoms with E-state index in [9.17, 15) is 21.6 Å². The number of hydrogen-bond acceptors (Lipinski definition) is 6. The van der Waals surface area contributed by atoms with Gasteiger partial charge in [-0.2, -0.15) is 18.4 Å². The summed E-state index contributed by atoms with van der Waals surface area (Å²) in [7, 11) is -4.81. The lowest BCUT2D eigenvalue weighted by atomic mass is 9.93. The molecule has 0 bridgehead atoms. The molecule has 0 saturated carbocycles. The lowest BCUT2D eigenvalue weighted by Gasteiger charge is -2.19. The third-order valence-electron chi connectivity index (χ3n) is 3.68. The number of aliphatic imine (C=N–C) groups is 1. The second kappa shape index (κ2) is 7.40. The fourth-order valence-corrected chi connectivity index (χ4v) is 3.42. The highest BCUT2D eigenvalue weighted by atomic mass is 32.2. The number of aromatic amines is 1. The lowest BCUT2D eigenvalue weighted by molar-refractivity contribution is -0.139. The minimum atomic E-state index is -4.98. The van der Waals surface area contributed by atoms with Crippen molar-refractivity contribution in [1.82, 2.24) is 20.6 Å². The topological polar surface area (TPSA) is 127 Å². The van der Waals surface area contributed by atoms with Crippen molar-refractivity contribution in [2.24, 2.45) is 10.1 Å². The smallest absolute Gasteiger partial charge is 0.272 e. The van der Waals surface area contributed by atoms with E-state index in [2.05, 4.69) is 32.3 Å². The number of hydrogen-bond donors (Lipinski definition) is 2. The third kappa shape index (κ3) is 4.11. The Morgan fingerprint density at radius 2 is 2.04 bits per heavy atom. The van der Waals surface area contributed by atoms with Crippen molar-refractivity contribution in [1.29, 1.82) is 0 Å². The zero-order valence-electron chi connectivity index (χ0n) is 14.2. The number of nitrogens with zero attached hydrogens (tertiary/aromatic N) is 4. The molecule has 144 valence electrons. The summed E-state index contributed by atoms with van der Waals surface area (Å²) in [6.07, 6.45) is -2.02. The Labute approximate surface area is 152 Å². The van der Waals surface area contributed by atoms with E-state index in [0.29, 0.717) is 17.2 Å². The van der Waals surface area contributed by atoms with E-state index in [0.717, 1.165) is 6.07 Å². The molecule has 3 N–H and O–H groups in total. The van der Waals surface area contributed by atoms with Gasteiger partial charge in [0.25, 0.3) is 0 Å². The first-order chi connectivity index (χ1) is 12.5. The molecule has 0 unspecified atom stereocenters. The summed E-state index contributed by atoms with van der Waals surface area (Å²) in [4.78, 5) is 2.50. The molecule has 2 rings (SSSR count). The van der Waals surface area contributed by atoms with Crippen molar-refractivity contribution in [3.8, 4) is 11.4 Å². The first-order valence-corrected chi connectivity index (χ1v) is 8.87. The van der Waals surface area contributed by atoms with Gasteiger partial charge in [-0.05, 0) is 43.0 Å². The quantitative estimate of drug-likeness (QED) is 0.589. The summed E-state index contributed by atoms with van der Waals surface area (Å²) in [6.45, 7) is 6.71. The molecule has 12 heteroatoms. The van der Waals surface area contributed by atoms with Crippen LogP contribution in [-0.4, -0.2) is 35.8 Å². The summed E-state index contributed by atoms with van der Waals surface area (Å²) in [5.41, 5.74) is -0.857. The number of alkyl halides is 3. The molecule has 27 heavy (non-hydrogen) atoms. The molecule has 8 nitrogen and oxygen atoms in total. The molecule has 0 aliphatic carbocycles. The van der Waals surface area contributed by atoms with Gasteiger partial charge in [-0.3, -0.25) is 4.99 Å². The summed E-state index contributed by atoms with van der Waals surface area (Å²) < 4.78 is 64.6. The van der Waals surface area contributed by atoms with E-state index in [1.807, 2.05) is 0 Å². The van der Waals surface area contributed by atoms with Gasteiger partial charge in [0, 0.05) is 11.8 Å². The number of H-pyrrole nitrogens is 1. The van der Waals surface area contributed by atoms with Crippen LogP contribution < -0.4 is 5.14 Å². The maximum absolute atomic E-state index is 13.5. The Bertz CT molecular complexity index is 1020. The lowest BCUT2D eigenvalue weighted by Crippen LogP contribution is -2.21. The number of halogens is 3. The van der Waals surface area contributed by atoms with Gasteiger partial charge in [0.05, 0.1) is 11.1 Å². The van der Waals surface area contributed by atoms with Crippen LogP contribution in [0, 0.1) is 0 Å². The van der Waals surface area contributed by atoms with Crippen molar-refractivity contribution >= 4 is 22.3 Å². The molecule has 1 heterocycles. The SMILES string of the molecule is C=N/C=C(\C(C)=C/C)c1ccc(C(F)(F)F)c(S(N)(=O)=O)c1-c1nn[nH]n1. The van der Waals surface area contributed by atoms with Crippen molar-refractivity contribution in [3.05, 3.63) is 41.1 Å². The van der Waals surface area contributed by atoms with E-state index in [1.165, 1.54) is 6.20 Å². The number of benzene rings is 1. The molecular weight excluding hydrogens is 385 g/mol. The standard InChI is InChI=1S/C15H15F3N6O2S/c1-4-8(2)10(7-20-3)9-5-6-11(15(16,17)18)13(27(19,25)26)12(9)14-21-23-24-22-14/h4-7H,3H2,1-2H3,(H2,19,25,26)(H,21,22,23,24)/b8-4-,10-7+. The Kier molecular flexibility index (Phi) is 5.61. The number of nitrogens with two attached hydrogens (primary N) is 1. The van der Waals surface area contributed by atoms with Crippen LogP contribution in [0.5, 0.6) is 0 Å². The predicted molar refractivity (Wildman–Crippen MR) is 92.9 cm³/mol. The Morgan fingerprint density at radius 3 is 2.48 bits per heavy atom. The van der Waals surface area contributed by atoms with Gasteiger partial charge < -0.3 is 0 Å². The van der Waals surface area contributed by atoms with Gasteiger partial charge in [0.1, 0.15) is 4.90 Å². The fourth-order valence-electron chi connectivity index (χ4n) is 2.45. The molecule has 0 spiro atoms. The zero-order valence-corrected chi connectivity index (χ0v) is 15.1. The first-order valence-electron chi connectivity index (χ1n) is 7.32. The van der Waals surface area contributed by atoms with Crippen LogP contribution in [0.15, 0.2) is 39.9 Å². The Morgan fingerprint density at radius 1 is 1.37 bits per heavy atom. The molecule has 0 aliphatic heterocycles. The summed E-state index contributed by atoms with van der Waals surface area (Å²) in [5.74, 6) is -0.362. The maximum Gasteiger partial charge on any atom is 0.417 e. The van der Waals surface area contributed by atoms with E-state index in [4.69, 9.17) is 5.14 Å². The molecule has 0 amide bonds. The molecular formula is C15H15F3N6O2S. The van der Waals surface area contributed by atoms with Crippen LogP contribution >= 0.6 is 0 Å². The Hall–Kier alpha value is -2.86. The highest BCUT2D eigenvalue weighted by Gasteiger charge is 2.40. The second-order valence-corrected chi connectivity index (χ2v) is 6.84. The van der Waals surface area contributed by atoms with Crippen LogP contribution in [0.2, 0.25) is 0 Å². The molecule has 0 fully saturated rings. The summed E-state index contributed by atoms with van der Waals surface area (Å²) in [6, 6.07) is 1.74. The van der Waals surface area contributed by atoms with Gasteiger partial charge in [-0.15, -0.1) is 10.2 Å². The number of rotatable bonds is 5. The van der Waals surface area contributed by atoms with Gasteiger partial charge >= 0.3 is 6.18 Å². The predicted octanol–water partition coefficient (Wildman–Crippen LogP) is 2.54. The van der Waals surface area contributed by atoms with Crippen molar-refractivity contribution in [2.75, 3.05) is 0 Å². The number of aromatic nitrogens is 4. The number of nitrogens with one attached hydrogen (secondary N) is 1. The van der Waals surface area contributed by atoms with E-state index in [-0.39, 0.29) is 11.4 Å². The normalized spacial score (nSPS) is 13.7. The second-order valence-electron chi connectivity index (χ2n) is 5.34. The molecule has 1 aromatic heterocycles.